The van der Waals surface area contributed by atoms with Gasteiger partial charge in [-0.15, -0.1) is 0 Å². The summed E-state index contributed by atoms with van der Waals surface area (Å²) in [6.07, 6.45) is 3.70. The Morgan fingerprint density at radius 1 is 1.38 bits per heavy atom. The van der Waals surface area contributed by atoms with Gasteiger partial charge in [0, 0.05) is 6.20 Å². The molecule has 0 saturated heterocycles. The third kappa shape index (κ3) is 1.42. The quantitative estimate of drug-likeness (QED) is 0.682. The highest BCUT2D eigenvalue weighted by molar-refractivity contribution is 6.29. The first kappa shape index (κ1) is 8.57. The SMILES string of the molecule is CC(C)c1ccc2ncc(Cl)n2c1. The number of fused-ring (bicyclic) bond motifs is 1. The van der Waals surface area contributed by atoms with Gasteiger partial charge in [-0.25, -0.2) is 4.98 Å². The molecule has 2 nitrogen and oxygen atoms in total. The molecule has 0 radical (unpaired) electrons. The highest BCUT2D eigenvalue weighted by atomic mass is 35.5. The number of hydrogen-bond donors (Lipinski definition) is 0. The molecule has 13 heavy (non-hydrogen) atoms. The first-order valence-electron chi connectivity index (χ1n) is 4.31. The fraction of sp³-hybridized carbons (Fsp3) is 0.300. The van der Waals surface area contributed by atoms with E-state index in [0.29, 0.717) is 11.1 Å². The second-order valence-corrected chi connectivity index (χ2v) is 3.81. The fourth-order valence-corrected chi connectivity index (χ4v) is 1.49. The third-order valence-electron chi connectivity index (χ3n) is 2.15. The smallest absolute Gasteiger partial charge is 0.137 e. The van der Waals surface area contributed by atoms with E-state index in [1.165, 1.54) is 5.56 Å². The van der Waals surface area contributed by atoms with E-state index in [1.54, 1.807) is 6.20 Å². The van der Waals surface area contributed by atoms with Crippen molar-refractivity contribution in [3.8, 4) is 0 Å². The van der Waals surface area contributed by atoms with Crippen molar-refractivity contribution in [1.29, 1.82) is 0 Å². The predicted molar refractivity (Wildman–Crippen MR) is 54.3 cm³/mol. The average molecular weight is 195 g/mol. The van der Waals surface area contributed by atoms with Gasteiger partial charge in [0.1, 0.15) is 10.8 Å². The van der Waals surface area contributed by atoms with Gasteiger partial charge in [-0.2, -0.15) is 0 Å². The minimum atomic E-state index is 0.517. The van der Waals surface area contributed by atoms with Crippen LogP contribution in [0.1, 0.15) is 25.3 Å². The molecule has 0 saturated carbocycles. The lowest BCUT2D eigenvalue weighted by Crippen LogP contribution is -1.92. The largest absolute Gasteiger partial charge is 0.290 e. The number of hydrogen-bond acceptors (Lipinski definition) is 1. The maximum absolute atomic E-state index is 5.95. The van der Waals surface area contributed by atoms with E-state index >= 15 is 0 Å². The number of nitrogens with zero attached hydrogens (tertiary/aromatic N) is 2. The molecule has 2 rings (SSSR count). The van der Waals surface area contributed by atoms with Crippen LogP contribution in [-0.4, -0.2) is 9.38 Å². The molecule has 0 aromatic carbocycles. The van der Waals surface area contributed by atoms with Crippen LogP contribution in [0.4, 0.5) is 0 Å². The summed E-state index contributed by atoms with van der Waals surface area (Å²) in [5.74, 6) is 0.517. The number of imidazole rings is 1. The summed E-state index contributed by atoms with van der Waals surface area (Å²) >= 11 is 5.95. The molecule has 0 atom stereocenters. The molecule has 0 aliphatic rings. The molecule has 0 amide bonds. The minimum Gasteiger partial charge on any atom is -0.290 e. The Kier molecular flexibility index (Phi) is 2.00. The molecule has 2 aromatic heterocycles. The zero-order chi connectivity index (χ0) is 9.42. The Morgan fingerprint density at radius 2 is 2.15 bits per heavy atom. The maximum Gasteiger partial charge on any atom is 0.137 e. The summed E-state index contributed by atoms with van der Waals surface area (Å²) in [4.78, 5) is 4.15. The standard InChI is InChI=1S/C10H11ClN2/c1-7(2)8-3-4-10-12-5-9(11)13(10)6-8/h3-7H,1-2H3. The van der Waals surface area contributed by atoms with Crippen LogP contribution in [0.15, 0.2) is 24.5 Å². The van der Waals surface area contributed by atoms with Crippen LogP contribution in [-0.2, 0) is 0 Å². The van der Waals surface area contributed by atoms with Crippen LogP contribution in [0.5, 0.6) is 0 Å². The van der Waals surface area contributed by atoms with Crippen LogP contribution in [0.2, 0.25) is 5.15 Å². The van der Waals surface area contributed by atoms with Gasteiger partial charge >= 0.3 is 0 Å². The van der Waals surface area contributed by atoms with E-state index in [4.69, 9.17) is 11.6 Å². The van der Waals surface area contributed by atoms with E-state index in [2.05, 4.69) is 24.9 Å². The van der Waals surface area contributed by atoms with Gasteiger partial charge in [0.2, 0.25) is 0 Å². The molecule has 68 valence electrons. The highest BCUT2D eigenvalue weighted by Gasteiger charge is 2.03. The molecule has 0 aliphatic heterocycles. The van der Waals surface area contributed by atoms with Crippen molar-refractivity contribution in [2.75, 3.05) is 0 Å². The van der Waals surface area contributed by atoms with Gasteiger partial charge in [-0.1, -0.05) is 31.5 Å². The van der Waals surface area contributed by atoms with Crippen LogP contribution in [0.25, 0.3) is 5.65 Å². The Hall–Kier alpha value is -1.02. The molecular formula is C10H11ClN2. The van der Waals surface area contributed by atoms with Crippen LogP contribution >= 0.6 is 11.6 Å². The first-order chi connectivity index (χ1) is 6.18. The van der Waals surface area contributed by atoms with Gasteiger partial charge in [0.15, 0.2) is 0 Å². The topological polar surface area (TPSA) is 17.3 Å². The Labute approximate surface area is 82.2 Å². The van der Waals surface area contributed by atoms with Gasteiger partial charge < -0.3 is 0 Å². The first-order valence-corrected chi connectivity index (χ1v) is 4.69. The van der Waals surface area contributed by atoms with E-state index in [1.807, 2.05) is 16.7 Å². The van der Waals surface area contributed by atoms with Crippen molar-refractivity contribution >= 4 is 17.2 Å². The molecule has 2 heterocycles. The minimum absolute atomic E-state index is 0.517. The number of halogens is 1. The normalized spacial score (nSPS) is 11.4. The van der Waals surface area contributed by atoms with Crippen molar-refractivity contribution < 1.29 is 0 Å². The number of rotatable bonds is 1. The summed E-state index contributed by atoms with van der Waals surface area (Å²) in [6, 6.07) is 4.07. The van der Waals surface area contributed by atoms with Gasteiger partial charge in [0.25, 0.3) is 0 Å². The van der Waals surface area contributed by atoms with Crippen molar-refractivity contribution in [3.63, 3.8) is 0 Å². The Morgan fingerprint density at radius 3 is 2.85 bits per heavy atom. The molecule has 2 aromatic rings. The Bertz CT molecular complexity index is 431. The summed E-state index contributed by atoms with van der Waals surface area (Å²) < 4.78 is 1.90. The summed E-state index contributed by atoms with van der Waals surface area (Å²) in [5, 5.41) is 0.664. The van der Waals surface area contributed by atoms with Crippen LogP contribution in [0.3, 0.4) is 0 Å². The third-order valence-corrected chi connectivity index (χ3v) is 2.43. The molecule has 0 spiro atoms. The summed E-state index contributed by atoms with van der Waals surface area (Å²) in [5.41, 5.74) is 2.17. The van der Waals surface area contributed by atoms with Crippen LogP contribution < -0.4 is 0 Å². The van der Waals surface area contributed by atoms with E-state index in [0.717, 1.165) is 5.65 Å². The molecular weight excluding hydrogens is 184 g/mol. The lowest BCUT2D eigenvalue weighted by molar-refractivity contribution is 0.854. The van der Waals surface area contributed by atoms with E-state index in [9.17, 15) is 0 Å². The van der Waals surface area contributed by atoms with Crippen molar-refractivity contribution in [2.45, 2.75) is 19.8 Å². The molecule has 0 bridgehead atoms. The number of pyridine rings is 1. The fourth-order valence-electron chi connectivity index (χ4n) is 1.31. The van der Waals surface area contributed by atoms with Crippen LogP contribution in [0, 0.1) is 0 Å². The van der Waals surface area contributed by atoms with Crippen molar-refractivity contribution in [1.82, 2.24) is 9.38 Å². The van der Waals surface area contributed by atoms with E-state index in [-0.39, 0.29) is 0 Å². The average Bonchev–Trinajstić information content (AvgIpc) is 2.47. The maximum atomic E-state index is 5.95. The molecule has 3 heteroatoms. The van der Waals surface area contributed by atoms with Crippen molar-refractivity contribution in [3.05, 3.63) is 35.2 Å². The van der Waals surface area contributed by atoms with Gasteiger partial charge in [0.05, 0.1) is 6.20 Å². The summed E-state index contributed by atoms with van der Waals surface area (Å²) in [7, 11) is 0. The molecule has 0 unspecified atom stereocenters. The number of aromatic nitrogens is 2. The van der Waals surface area contributed by atoms with Gasteiger partial charge in [-0.3, -0.25) is 4.40 Å². The van der Waals surface area contributed by atoms with Crippen molar-refractivity contribution in [2.24, 2.45) is 0 Å². The lowest BCUT2D eigenvalue weighted by Gasteiger charge is -2.05. The summed E-state index contributed by atoms with van der Waals surface area (Å²) in [6.45, 7) is 4.32. The predicted octanol–water partition coefficient (Wildman–Crippen LogP) is 3.11. The van der Waals surface area contributed by atoms with E-state index < -0.39 is 0 Å². The Balaban J connectivity index is 2.66. The monoisotopic (exact) mass is 194 g/mol. The second-order valence-electron chi connectivity index (χ2n) is 3.43. The zero-order valence-corrected chi connectivity index (χ0v) is 8.42. The lowest BCUT2D eigenvalue weighted by atomic mass is 10.1. The molecule has 0 aliphatic carbocycles. The second kappa shape index (κ2) is 3.04. The molecule has 0 N–H and O–H groups in total. The highest BCUT2D eigenvalue weighted by Crippen LogP contribution is 2.18. The zero-order valence-electron chi connectivity index (χ0n) is 7.66. The molecule has 0 fully saturated rings. The van der Waals surface area contributed by atoms with Gasteiger partial charge in [-0.05, 0) is 17.5 Å².